The predicted molar refractivity (Wildman–Crippen MR) is 384 cm³/mol. The third-order valence-corrected chi connectivity index (χ3v) is 19.0. The van der Waals surface area contributed by atoms with Gasteiger partial charge in [-0.05, 0) is 211 Å². The molecule has 3 nitrogen and oxygen atoms in total. The molecule has 492 valence electrons. The van der Waals surface area contributed by atoms with Crippen LogP contribution in [-0.4, -0.2) is 15.3 Å². The highest BCUT2D eigenvalue weighted by Gasteiger charge is 2.40. The fraction of sp³-hybridized carbons (Fsp3) is 0.714. The van der Waals surface area contributed by atoms with Gasteiger partial charge in [-0.3, -0.25) is 0 Å². The van der Waals surface area contributed by atoms with Crippen molar-refractivity contribution in [3.8, 4) is 17.2 Å². The van der Waals surface area contributed by atoms with Gasteiger partial charge in [-0.15, -0.1) is 0 Å². The van der Waals surface area contributed by atoms with Gasteiger partial charge in [0.2, 0.25) is 0 Å². The minimum Gasteiger partial charge on any atom is -0.507 e. The van der Waals surface area contributed by atoms with Crippen LogP contribution in [0.2, 0.25) is 0 Å². The van der Waals surface area contributed by atoms with Gasteiger partial charge < -0.3 is 15.3 Å². The summed E-state index contributed by atoms with van der Waals surface area (Å²) >= 11 is 0. The molecule has 4 aromatic rings. The summed E-state index contributed by atoms with van der Waals surface area (Å²) in [6.07, 6.45) is 14.0. The van der Waals surface area contributed by atoms with Crippen molar-refractivity contribution in [2.75, 3.05) is 0 Å². The molecule has 0 aliphatic heterocycles. The van der Waals surface area contributed by atoms with Crippen molar-refractivity contribution >= 4 is 0 Å². The summed E-state index contributed by atoms with van der Waals surface area (Å²) in [4.78, 5) is 0. The van der Waals surface area contributed by atoms with Crippen LogP contribution in [0.4, 0.5) is 0 Å². The normalized spacial score (nSPS) is 14.2. The van der Waals surface area contributed by atoms with Gasteiger partial charge in [0.15, 0.2) is 0 Å². The molecule has 0 heterocycles. The van der Waals surface area contributed by atoms with Crippen LogP contribution in [0.1, 0.15) is 350 Å². The molecular formula is C84H138O3. The van der Waals surface area contributed by atoms with E-state index in [1.807, 2.05) is 0 Å². The van der Waals surface area contributed by atoms with Crippen molar-refractivity contribution in [1.82, 2.24) is 0 Å². The maximum Gasteiger partial charge on any atom is 0.123 e. The number of hydrogen-bond donors (Lipinski definition) is 3. The number of phenols is 3. The predicted octanol–water partition coefficient (Wildman–Crippen LogP) is 24.1. The molecule has 4 aromatic carbocycles. The molecule has 3 N–H and O–H groups in total. The molecule has 0 saturated heterocycles. The van der Waals surface area contributed by atoms with E-state index in [-0.39, 0.29) is 65.0 Å². The maximum absolute atomic E-state index is 12.6. The Bertz CT molecular complexity index is 2490. The van der Waals surface area contributed by atoms with Crippen molar-refractivity contribution in [3.63, 3.8) is 0 Å². The van der Waals surface area contributed by atoms with E-state index >= 15 is 0 Å². The van der Waals surface area contributed by atoms with Gasteiger partial charge in [-0.1, -0.05) is 265 Å². The third-order valence-electron chi connectivity index (χ3n) is 19.0. The first-order chi connectivity index (χ1) is 38.9. The zero-order chi connectivity index (χ0) is 67.2. The molecule has 0 bridgehead atoms. The largest absolute Gasteiger partial charge is 0.507 e. The number of phenolic OH excluding ortho intramolecular Hbond substituents is 3. The number of aromatic hydroxyl groups is 3. The van der Waals surface area contributed by atoms with Crippen molar-refractivity contribution in [2.45, 2.75) is 357 Å². The van der Waals surface area contributed by atoms with Crippen LogP contribution < -0.4 is 0 Å². The van der Waals surface area contributed by atoms with Gasteiger partial charge in [0.1, 0.15) is 17.2 Å². The van der Waals surface area contributed by atoms with Crippen LogP contribution in [0.3, 0.4) is 0 Å². The summed E-state index contributed by atoms with van der Waals surface area (Å²) in [6, 6.07) is 14.3. The Labute approximate surface area is 539 Å². The minimum atomic E-state index is -0.243. The average molecular weight is 1200 g/mol. The lowest BCUT2D eigenvalue weighted by atomic mass is 9.67. The number of benzene rings is 4. The molecule has 0 spiro atoms. The lowest BCUT2D eigenvalue weighted by Crippen LogP contribution is -2.28. The zero-order valence-electron chi connectivity index (χ0n) is 63.4. The average Bonchev–Trinajstić information content (AvgIpc) is 0.805. The Kier molecular flexibility index (Phi) is 23.1. The highest BCUT2D eigenvalue weighted by Crippen LogP contribution is 2.52. The second kappa shape index (κ2) is 26.5. The van der Waals surface area contributed by atoms with Crippen LogP contribution in [0.5, 0.6) is 17.2 Å². The van der Waals surface area contributed by atoms with Crippen LogP contribution in [-0.2, 0) is 90.3 Å². The Morgan fingerprint density at radius 1 is 0.218 bits per heavy atom. The van der Waals surface area contributed by atoms with Crippen LogP contribution >= 0.6 is 0 Å². The molecular weight excluding hydrogens is 1060 g/mol. The van der Waals surface area contributed by atoms with Gasteiger partial charge in [-0.25, -0.2) is 0 Å². The molecule has 0 fully saturated rings. The quantitative estimate of drug-likeness (QED) is 0.0655. The van der Waals surface area contributed by atoms with Crippen molar-refractivity contribution in [3.05, 3.63) is 120 Å². The Morgan fingerprint density at radius 3 is 0.471 bits per heavy atom. The van der Waals surface area contributed by atoms with E-state index < -0.39 is 0 Å². The number of rotatable bonds is 24. The lowest BCUT2D eigenvalue weighted by Gasteiger charge is -2.38. The van der Waals surface area contributed by atoms with E-state index in [1.54, 1.807) is 0 Å². The molecule has 0 aliphatic carbocycles. The molecule has 0 unspecified atom stereocenters. The fourth-order valence-electron chi connectivity index (χ4n) is 18.2. The smallest absolute Gasteiger partial charge is 0.123 e. The van der Waals surface area contributed by atoms with Crippen molar-refractivity contribution in [2.24, 2.45) is 32.5 Å². The molecule has 3 heteroatoms. The maximum atomic E-state index is 12.6. The van der Waals surface area contributed by atoms with Gasteiger partial charge in [0.25, 0.3) is 0 Å². The van der Waals surface area contributed by atoms with E-state index in [1.165, 1.54) is 50.1 Å². The monoisotopic (exact) mass is 1200 g/mol. The van der Waals surface area contributed by atoms with Gasteiger partial charge in [0.05, 0.1) is 0 Å². The first-order valence-corrected chi connectivity index (χ1v) is 34.7. The lowest BCUT2D eigenvalue weighted by molar-refractivity contribution is 0.266. The van der Waals surface area contributed by atoms with Crippen molar-refractivity contribution < 1.29 is 15.3 Å². The fourth-order valence-corrected chi connectivity index (χ4v) is 18.2. The van der Waals surface area contributed by atoms with Gasteiger partial charge >= 0.3 is 0 Å². The Morgan fingerprint density at radius 2 is 0.356 bits per heavy atom. The Hall–Kier alpha value is -3.72. The highest BCUT2D eigenvalue weighted by atomic mass is 16.3. The standard InChI is InChI=1S/C84H138O3/c1-34-58-61(40-37-55-43-64(79(22,23)49-73(4,5)6)70(85)65(44-55)80(24,25)50-74(7,8)9)59(35-2)63(42-39-57-47-68(83(30,31)53-77(16,17)18)72(87)69(48-57)84(32,33)54-78(19,20)21)60(36-3)62(58)41-38-56-45-66(81(26,27)51-75(10,11)12)71(86)67(46-56)82(28,29)52-76(13,14)15/h43-48,85-87H,34-42,49-54H2,1-33H3. The topological polar surface area (TPSA) is 60.7 Å². The van der Waals surface area contributed by atoms with E-state index in [9.17, 15) is 15.3 Å². The summed E-state index contributed by atoms with van der Waals surface area (Å²) < 4.78 is 0. The molecule has 0 radical (unpaired) electrons. The molecule has 4 rings (SSSR count). The summed E-state index contributed by atoms with van der Waals surface area (Å²) in [5.74, 6) is 1.45. The van der Waals surface area contributed by atoms with Crippen molar-refractivity contribution in [1.29, 1.82) is 0 Å². The first-order valence-electron chi connectivity index (χ1n) is 34.7. The van der Waals surface area contributed by atoms with Crippen LogP contribution in [0.25, 0.3) is 0 Å². The summed E-state index contributed by atoms with van der Waals surface area (Å²) in [5.41, 5.74) is 18.6. The van der Waals surface area contributed by atoms with Crippen LogP contribution in [0, 0.1) is 32.5 Å². The second-order valence-corrected chi connectivity index (χ2v) is 39.3. The summed E-state index contributed by atoms with van der Waals surface area (Å²) in [7, 11) is 0. The Balaban J connectivity index is 2.17. The molecule has 0 atom stereocenters. The van der Waals surface area contributed by atoms with Crippen LogP contribution in [0.15, 0.2) is 36.4 Å². The first kappa shape index (κ1) is 75.7. The summed E-state index contributed by atoms with van der Waals surface area (Å²) in [5, 5.41) is 37.8. The van der Waals surface area contributed by atoms with E-state index in [2.05, 4.69) is 265 Å². The van der Waals surface area contributed by atoms with E-state index in [0.717, 1.165) is 130 Å². The zero-order valence-corrected chi connectivity index (χ0v) is 63.4. The second-order valence-electron chi connectivity index (χ2n) is 39.3. The number of hydrogen-bond acceptors (Lipinski definition) is 3. The SMILES string of the molecule is CCc1c(CCc2cc(C(C)(C)CC(C)(C)C)c(O)c(C(C)(C)CC(C)(C)C)c2)c(CC)c(CCc2cc(C(C)(C)CC(C)(C)C)c(O)c(C(C)(C)CC(C)(C)C)c2)c(CC)c1CCc1cc(C(C)(C)CC(C)(C)C)c(O)c(C(C)(C)CC(C)(C)C)c1. The minimum absolute atomic E-state index is 0.0793. The van der Waals surface area contributed by atoms with E-state index in [4.69, 9.17) is 0 Å². The highest BCUT2D eigenvalue weighted by molar-refractivity contribution is 5.57. The van der Waals surface area contributed by atoms with Gasteiger partial charge in [0, 0.05) is 33.4 Å². The summed E-state index contributed by atoms with van der Waals surface area (Å²) in [6.45, 7) is 77.3. The van der Waals surface area contributed by atoms with Gasteiger partial charge in [-0.2, -0.15) is 0 Å². The molecule has 0 amide bonds. The molecule has 0 aromatic heterocycles. The van der Waals surface area contributed by atoms with E-state index in [0.29, 0.717) is 17.2 Å². The molecule has 0 aliphatic rings. The third kappa shape index (κ3) is 20.4. The molecule has 87 heavy (non-hydrogen) atoms. The molecule has 0 saturated carbocycles. The number of aryl methyl sites for hydroxylation is 3.